The van der Waals surface area contributed by atoms with Gasteiger partial charge in [0.05, 0.1) is 18.1 Å². The van der Waals surface area contributed by atoms with Gasteiger partial charge in [-0.1, -0.05) is 48.5 Å². The smallest absolute Gasteiger partial charge is 0.245 e. The lowest BCUT2D eigenvalue weighted by molar-refractivity contribution is -0.138. The van der Waals surface area contributed by atoms with Crippen molar-refractivity contribution in [2.24, 2.45) is 5.92 Å². The molecule has 0 N–H and O–H groups in total. The highest BCUT2D eigenvalue weighted by Gasteiger charge is 2.44. The average molecular weight is 448 g/mol. The van der Waals surface area contributed by atoms with Crippen LogP contribution in [-0.2, 0) is 16.1 Å². The van der Waals surface area contributed by atoms with Crippen LogP contribution < -0.4 is 0 Å². The number of hydrogen-bond donors (Lipinski definition) is 0. The molecule has 3 aromatic rings. The minimum Gasteiger partial charge on any atom is -0.328 e. The van der Waals surface area contributed by atoms with Gasteiger partial charge in [-0.05, 0) is 29.9 Å². The molecule has 0 bridgehead atoms. The van der Waals surface area contributed by atoms with Crippen LogP contribution >= 0.6 is 0 Å². The molecule has 1 aliphatic carbocycles. The summed E-state index contributed by atoms with van der Waals surface area (Å²) in [4.78, 5) is 39.6. The first-order valence-electron chi connectivity index (χ1n) is 11.4. The lowest BCUT2D eigenvalue weighted by Crippen LogP contribution is -2.42. The zero-order valence-electron chi connectivity index (χ0n) is 18.5. The Hall–Kier alpha value is -3.35. The van der Waals surface area contributed by atoms with Crippen LogP contribution in [0.1, 0.15) is 48.2 Å². The fourth-order valence-corrected chi connectivity index (χ4v) is 5.07. The Morgan fingerprint density at radius 3 is 2.52 bits per heavy atom. The van der Waals surface area contributed by atoms with E-state index in [1.165, 1.54) is 22.1 Å². The number of aromatic nitrogens is 2. The predicted octanol–water partition coefficient (Wildman–Crippen LogP) is 3.94. The first-order chi connectivity index (χ1) is 15.9. The molecule has 1 amide bonds. The van der Waals surface area contributed by atoms with Gasteiger partial charge in [-0.3, -0.25) is 19.1 Å². The zero-order chi connectivity index (χ0) is 23.1. The third-order valence-electron chi connectivity index (χ3n) is 6.83. The number of carbonyl (C=O) groups is 3. The molecular weight excluding hydrogens is 421 g/mol. The van der Waals surface area contributed by atoms with Crippen LogP contribution in [0.3, 0.4) is 0 Å². The lowest BCUT2D eigenvalue weighted by atomic mass is 10.0. The quantitative estimate of drug-likeness (QED) is 0.515. The van der Waals surface area contributed by atoms with Crippen LogP contribution in [0.2, 0.25) is 0 Å². The van der Waals surface area contributed by atoms with Gasteiger partial charge in [0, 0.05) is 25.2 Å². The number of halogens is 1. The van der Waals surface area contributed by atoms with Gasteiger partial charge < -0.3 is 4.90 Å². The summed E-state index contributed by atoms with van der Waals surface area (Å²) in [5.41, 5.74) is 2.19. The molecule has 6 nitrogen and oxygen atoms in total. The number of amides is 1. The predicted molar refractivity (Wildman–Crippen MR) is 122 cm³/mol. The number of para-hydroxylation sites is 1. The molecule has 170 valence electrons. The van der Waals surface area contributed by atoms with Crippen molar-refractivity contribution in [3.8, 4) is 0 Å². The highest BCUT2D eigenvalue weighted by molar-refractivity contribution is 6.05. The van der Waals surface area contributed by atoms with Gasteiger partial charge in [0.15, 0.2) is 11.6 Å². The maximum Gasteiger partial charge on any atom is 0.245 e. The Morgan fingerprint density at radius 2 is 1.76 bits per heavy atom. The van der Waals surface area contributed by atoms with Gasteiger partial charge in [0.25, 0.3) is 0 Å². The van der Waals surface area contributed by atoms with Crippen LogP contribution in [0.25, 0.3) is 10.9 Å². The van der Waals surface area contributed by atoms with E-state index in [2.05, 4.69) is 17.2 Å². The fraction of sp³-hybridized carbons (Fsp3) is 0.385. The first-order valence-corrected chi connectivity index (χ1v) is 11.4. The van der Waals surface area contributed by atoms with Gasteiger partial charge in [0.1, 0.15) is 18.4 Å². The zero-order valence-corrected chi connectivity index (χ0v) is 18.5. The third kappa shape index (κ3) is 4.19. The second-order valence-electron chi connectivity index (χ2n) is 9.16. The maximum absolute atomic E-state index is 14.3. The molecule has 5 rings (SSSR count). The largest absolute Gasteiger partial charge is 0.328 e. The monoisotopic (exact) mass is 447 g/mol. The van der Waals surface area contributed by atoms with Gasteiger partial charge >= 0.3 is 0 Å². The molecule has 1 aliphatic heterocycles. The Balaban J connectivity index is 1.29. The van der Waals surface area contributed by atoms with E-state index in [1.54, 1.807) is 12.1 Å². The standard InChI is InChI=1S/C26H26FN3O3/c1-16(31)26-20-9-5-6-10-22(20)30(28-26)15-25(33)29-14-19(27)13-23(29)24(32)12-18-11-21(18)17-7-3-2-4-8-17/h2-10,18-19,21,23H,11-15H2,1H3/t18-,19-,21-,23+/m1/s1. The maximum atomic E-state index is 14.3. The molecule has 2 aromatic carbocycles. The molecule has 0 spiro atoms. The van der Waals surface area contributed by atoms with E-state index in [0.717, 1.165) is 6.42 Å². The van der Waals surface area contributed by atoms with E-state index >= 15 is 0 Å². The number of alkyl halides is 1. The summed E-state index contributed by atoms with van der Waals surface area (Å²) in [6, 6.07) is 16.6. The number of likely N-dealkylation sites (tertiary alicyclic amines) is 1. The summed E-state index contributed by atoms with van der Waals surface area (Å²) < 4.78 is 15.8. The Labute approximate surface area is 191 Å². The molecule has 2 aliphatic rings. The highest BCUT2D eigenvalue weighted by Crippen LogP contribution is 2.50. The van der Waals surface area contributed by atoms with Crippen LogP contribution in [-0.4, -0.2) is 50.9 Å². The normalized spacial score (nSPS) is 24.2. The second-order valence-corrected chi connectivity index (χ2v) is 9.16. The number of nitrogens with zero attached hydrogens (tertiary/aromatic N) is 3. The summed E-state index contributed by atoms with van der Waals surface area (Å²) in [6.45, 7) is 1.21. The number of hydrogen-bond acceptors (Lipinski definition) is 4. The molecular formula is C26H26FN3O3. The van der Waals surface area contributed by atoms with Crippen molar-refractivity contribution in [1.82, 2.24) is 14.7 Å². The Morgan fingerprint density at radius 1 is 1.03 bits per heavy atom. The number of carbonyl (C=O) groups excluding carboxylic acids is 3. The molecule has 0 unspecified atom stereocenters. The van der Waals surface area contributed by atoms with Crippen LogP contribution in [0.4, 0.5) is 4.39 Å². The molecule has 1 aromatic heterocycles. The van der Waals surface area contributed by atoms with Gasteiger partial charge in [-0.2, -0.15) is 5.10 Å². The summed E-state index contributed by atoms with van der Waals surface area (Å²) >= 11 is 0. The van der Waals surface area contributed by atoms with Crippen molar-refractivity contribution in [1.29, 1.82) is 0 Å². The number of fused-ring (bicyclic) bond motifs is 1. The molecule has 2 heterocycles. The Bertz CT molecular complexity index is 1220. The van der Waals surface area contributed by atoms with Crippen LogP contribution in [0.5, 0.6) is 0 Å². The minimum atomic E-state index is -1.21. The lowest BCUT2D eigenvalue weighted by Gasteiger charge is -2.23. The SMILES string of the molecule is CC(=O)c1nn(CC(=O)N2C[C@H](F)C[C@H]2C(=O)C[C@H]2C[C@@H]2c2ccccc2)c2ccccc12. The van der Waals surface area contributed by atoms with Gasteiger partial charge in [0.2, 0.25) is 5.91 Å². The second kappa shape index (κ2) is 8.54. The summed E-state index contributed by atoms with van der Waals surface area (Å²) in [5, 5.41) is 5.01. The van der Waals surface area contributed by atoms with E-state index < -0.39 is 12.2 Å². The highest BCUT2D eigenvalue weighted by atomic mass is 19.1. The van der Waals surface area contributed by atoms with Crippen LogP contribution in [0.15, 0.2) is 54.6 Å². The van der Waals surface area contributed by atoms with E-state index in [0.29, 0.717) is 28.9 Å². The number of Topliss-reactive ketones (excluding diaryl/α,β-unsaturated/α-hetero) is 2. The summed E-state index contributed by atoms with van der Waals surface area (Å²) in [6.07, 6.45) is 0.142. The van der Waals surface area contributed by atoms with Crippen molar-refractivity contribution in [3.63, 3.8) is 0 Å². The van der Waals surface area contributed by atoms with Crippen LogP contribution in [0, 0.1) is 5.92 Å². The van der Waals surface area contributed by atoms with Crippen molar-refractivity contribution in [2.75, 3.05) is 6.54 Å². The molecule has 0 radical (unpaired) electrons. The molecule has 1 saturated carbocycles. The van der Waals surface area contributed by atoms with Crippen molar-refractivity contribution in [3.05, 3.63) is 65.9 Å². The molecule has 4 atom stereocenters. The number of rotatable bonds is 7. The summed E-state index contributed by atoms with van der Waals surface area (Å²) in [7, 11) is 0. The van der Waals surface area contributed by atoms with E-state index in [-0.39, 0.29) is 42.9 Å². The van der Waals surface area contributed by atoms with E-state index in [1.807, 2.05) is 30.3 Å². The van der Waals surface area contributed by atoms with Crippen molar-refractivity contribution >= 4 is 28.4 Å². The third-order valence-corrected chi connectivity index (χ3v) is 6.83. The Kier molecular flexibility index (Phi) is 5.56. The average Bonchev–Trinajstić information content (AvgIpc) is 3.30. The number of ketones is 2. The van der Waals surface area contributed by atoms with Gasteiger partial charge in [-0.25, -0.2) is 4.39 Å². The van der Waals surface area contributed by atoms with E-state index in [4.69, 9.17) is 0 Å². The van der Waals surface area contributed by atoms with Crippen molar-refractivity contribution < 1.29 is 18.8 Å². The number of benzene rings is 2. The minimum absolute atomic E-state index is 0.0475. The molecule has 2 fully saturated rings. The topological polar surface area (TPSA) is 72.3 Å². The molecule has 1 saturated heterocycles. The first kappa shape index (κ1) is 21.5. The van der Waals surface area contributed by atoms with Crippen molar-refractivity contribution in [2.45, 2.75) is 50.9 Å². The molecule has 33 heavy (non-hydrogen) atoms. The molecule has 7 heteroatoms. The van der Waals surface area contributed by atoms with Gasteiger partial charge in [-0.15, -0.1) is 0 Å². The van der Waals surface area contributed by atoms with E-state index in [9.17, 15) is 18.8 Å². The fourth-order valence-electron chi connectivity index (χ4n) is 5.07. The summed E-state index contributed by atoms with van der Waals surface area (Å²) in [5.74, 6) is 0.00723.